The molecule has 0 amide bonds. The van der Waals surface area contributed by atoms with Crippen molar-refractivity contribution in [3.8, 4) is 0 Å². The number of rotatable bonds is 7. The molecular weight excluding hydrogens is 580 g/mol. The van der Waals surface area contributed by atoms with Crippen LogP contribution in [0.4, 0.5) is 0 Å². The van der Waals surface area contributed by atoms with Crippen LogP contribution in [0.3, 0.4) is 0 Å². The van der Waals surface area contributed by atoms with Gasteiger partial charge in [-0.2, -0.15) is 0 Å². The van der Waals surface area contributed by atoms with Gasteiger partial charge in [0.2, 0.25) is 0 Å². The molecule has 0 radical (unpaired) electrons. The second kappa shape index (κ2) is 12.1. The Morgan fingerprint density at radius 3 is 2.04 bits per heavy atom. The number of carbonyl (C=O) groups excluding carboxylic acids is 4. The van der Waals surface area contributed by atoms with Crippen LogP contribution in [0.25, 0.3) is 6.08 Å². The first-order valence-corrected chi connectivity index (χ1v) is 15.1. The SMILES string of the molecule is CC(=O)O[C@H]1[C@@H](O)[C@H](C)[C@]23OC(C)(C)[C@H](C[C@H](OC(=O)/C=C/c4ccccc4)[C@]2(C)[C@H]1OC(=O)c1ccccc1)[C@H]3OC(C)=O. The van der Waals surface area contributed by atoms with E-state index >= 15 is 0 Å². The molecule has 1 spiro atoms. The van der Waals surface area contributed by atoms with Gasteiger partial charge in [0.05, 0.1) is 16.6 Å². The molecule has 2 bridgehead atoms. The summed E-state index contributed by atoms with van der Waals surface area (Å²) in [5.41, 5.74) is -2.92. The van der Waals surface area contributed by atoms with E-state index in [2.05, 4.69) is 0 Å². The Morgan fingerprint density at radius 2 is 1.44 bits per heavy atom. The molecule has 240 valence electrons. The number of esters is 4. The molecule has 2 saturated carbocycles. The summed E-state index contributed by atoms with van der Waals surface area (Å²) in [4.78, 5) is 52.0. The van der Waals surface area contributed by atoms with E-state index in [4.69, 9.17) is 23.7 Å². The fourth-order valence-corrected chi connectivity index (χ4v) is 7.79. The fraction of sp³-hybridized carbons (Fsp3) is 0.486. The summed E-state index contributed by atoms with van der Waals surface area (Å²) in [6.45, 7) is 9.63. The monoisotopic (exact) mass is 620 g/mol. The van der Waals surface area contributed by atoms with Gasteiger partial charge in [0, 0.05) is 31.8 Å². The predicted molar refractivity (Wildman–Crippen MR) is 161 cm³/mol. The van der Waals surface area contributed by atoms with Crippen molar-refractivity contribution >= 4 is 30.0 Å². The van der Waals surface area contributed by atoms with Crippen molar-refractivity contribution in [2.24, 2.45) is 17.3 Å². The molecule has 10 heteroatoms. The van der Waals surface area contributed by atoms with Crippen molar-refractivity contribution in [1.29, 1.82) is 0 Å². The number of fused-ring (bicyclic) bond motifs is 1. The maximum atomic E-state index is 13.6. The van der Waals surface area contributed by atoms with Crippen LogP contribution >= 0.6 is 0 Å². The van der Waals surface area contributed by atoms with Crippen molar-refractivity contribution in [2.45, 2.75) is 89.7 Å². The van der Waals surface area contributed by atoms with Crippen molar-refractivity contribution in [3.63, 3.8) is 0 Å². The maximum absolute atomic E-state index is 13.6. The van der Waals surface area contributed by atoms with Gasteiger partial charge >= 0.3 is 23.9 Å². The number of hydrogen-bond acceptors (Lipinski definition) is 10. The van der Waals surface area contributed by atoms with Crippen LogP contribution in [0.5, 0.6) is 0 Å². The molecule has 2 aromatic rings. The van der Waals surface area contributed by atoms with E-state index in [0.717, 1.165) is 5.56 Å². The van der Waals surface area contributed by atoms with Crippen molar-refractivity contribution in [1.82, 2.24) is 0 Å². The highest BCUT2D eigenvalue weighted by atomic mass is 16.6. The van der Waals surface area contributed by atoms with E-state index in [1.165, 1.54) is 19.9 Å². The number of benzene rings is 2. The summed E-state index contributed by atoms with van der Waals surface area (Å²) in [5, 5.41) is 11.8. The van der Waals surface area contributed by atoms with Crippen LogP contribution in [-0.2, 0) is 38.1 Å². The van der Waals surface area contributed by atoms with Gasteiger partial charge in [-0.3, -0.25) is 9.59 Å². The van der Waals surface area contributed by atoms with Crippen molar-refractivity contribution in [3.05, 3.63) is 77.9 Å². The summed E-state index contributed by atoms with van der Waals surface area (Å²) in [5.74, 6) is -3.96. The Kier molecular flexibility index (Phi) is 8.67. The lowest BCUT2D eigenvalue weighted by molar-refractivity contribution is -0.324. The zero-order valence-corrected chi connectivity index (χ0v) is 26.3. The van der Waals surface area contributed by atoms with Gasteiger partial charge in [-0.1, -0.05) is 55.5 Å². The molecule has 1 heterocycles. The third kappa shape index (κ3) is 5.55. The minimum absolute atomic E-state index is 0.170. The Hall–Kier alpha value is -4.02. The molecule has 10 nitrogen and oxygen atoms in total. The maximum Gasteiger partial charge on any atom is 0.338 e. The predicted octanol–water partition coefficient (Wildman–Crippen LogP) is 4.29. The summed E-state index contributed by atoms with van der Waals surface area (Å²) >= 11 is 0. The van der Waals surface area contributed by atoms with Crippen LogP contribution in [0.1, 0.15) is 63.9 Å². The van der Waals surface area contributed by atoms with Crippen LogP contribution in [0.2, 0.25) is 0 Å². The standard InChI is InChI=1S/C35H40O10/c1-20-28(39)29(41-21(2)36)31(44-32(40)24-15-11-8-12-16-24)34(6)26(43-27(38)18-17-23-13-9-7-10-14-23)19-25-30(42-22(3)37)35(20,34)45-33(25,4)5/h7-18,20,25-26,28-31,39H,19H2,1-6H3/b18-17+/t20-,25+,26-,28-,29-,30+,31-,34+,35+/m0/s1. The van der Waals surface area contributed by atoms with Crippen LogP contribution in [0.15, 0.2) is 66.7 Å². The highest BCUT2D eigenvalue weighted by Gasteiger charge is 2.82. The molecule has 1 aliphatic heterocycles. The number of hydrogen-bond donors (Lipinski definition) is 1. The lowest BCUT2D eigenvalue weighted by Gasteiger charge is -2.63. The number of carbonyl (C=O) groups is 4. The zero-order chi connectivity index (χ0) is 32.7. The molecular formula is C35H40O10. The first-order valence-electron chi connectivity index (χ1n) is 15.1. The van der Waals surface area contributed by atoms with E-state index in [1.54, 1.807) is 50.3 Å². The molecule has 5 rings (SSSR count). The molecule has 1 N–H and O–H groups in total. The summed E-state index contributed by atoms with van der Waals surface area (Å²) in [6.07, 6.45) is -2.93. The van der Waals surface area contributed by atoms with Crippen LogP contribution in [0, 0.1) is 17.3 Å². The van der Waals surface area contributed by atoms with Gasteiger partial charge in [0.15, 0.2) is 12.2 Å². The second-order valence-corrected chi connectivity index (χ2v) is 12.9. The second-order valence-electron chi connectivity index (χ2n) is 12.9. The Labute approximate surface area is 262 Å². The molecule has 2 aromatic carbocycles. The number of ether oxygens (including phenoxy) is 5. The lowest BCUT2D eigenvalue weighted by Crippen LogP contribution is -2.79. The van der Waals surface area contributed by atoms with E-state index in [0.29, 0.717) is 0 Å². The Balaban J connectivity index is 1.66. The Bertz CT molecular complexity index is 1470. The first kappa shape index (κ1) is 32.4. The molecule has 0 unspecified atom stereocenters. The van der Waals surface area contributed by atoms with E-state index < -0.39 is 82.8 Å². The molecule has 3 aliphatic rings. The van der Waals surface area contributed by atoms with Crippen LogP contribution < -0.4 is 0 Å². The molecule has 45 heavy (non-hydrogen) atoms. The highest BCUT2D eigenvalue weighted by molar-refractivity contribution is 5.89. The van der Waals surface area contributed by atoms with Gasteiger partial charge in [-0.25, -0.2) is 9.59 Å². The molecule has 3 fully saturated rings. The minimum atomic E-state index is -1.53. The zero-order valence-electron chi connectivity index (χ0n) is 26.3. The van der Waals surface area contributed by atoms with Gasteiger partial charge in [-0.05, 0) is 51.0 Å². The van der Waals surface area contributed by atoms with E-state index in [-0.39, 0.29) is 12.0 Å². The highest BCUT2D eigenvalue weighted by Crippen LogP contribution is 2.68. The third-order valence-corrected chi connectivity index (χ3v) is 9.81. The van der Waals surface area contributed by atoms with Crippen molar-refractivity contribution < 1.29 is 48.0 Å². The number of aliphatic hydroxyl groups is 1. The average molecular weight is 621 g/mol. The van der Waals surface area contributed by atoms with Gasteiger partial charge < -0.3 is 28.8 Å². The third-order valence-electron chi connectivity index (χ3n) is 9.81. The van der Waals surface area contributed by atoms with Gasteiger partial charge in [-0.15, -0.1) is 0 Å². The van der Waals surface area contributed by atoms with Crippen molar-refractivity contribution in [2.75, 3.05) is 0 Å². The molecule has 9 atom stereocenters. The average Bonchev–Trinajstić information content (AvgIpc) is 3.17. The first-order chi connectivity index (χ1) is 21.2. The molecule has 0 aromatic heterocycles. The summed E-state index contributed by atoms with van der Waals surface area (Å²) in [6, 6.07) is 17.5. The van der Waals surface area contributed by atoms with Gasteiger partial charge in [0.25, 0.3) is 0 Å². The Morgan fingerprint density at radius 1 is 0.844 bits per heavy atom. The minimum Gasteiger partial charge on any atom is -0.459 e. The van der Waals surface area contributed by atoms with Crippen LogP contribution in [-0.4, -0.2) is 70.7 Å². The fourth-order valence-electron chi connectivity index (χ4n) is 7.79. The summed E-state index contributed by atoms with van der Waals surface area (Å²) < 4.78 is 31.0. The molecule has 2 aliphatic carbocycles. The smallest absolute Gasteiger partial charge is 0.338 e. The topological polar surface area (TPSA) is 135 Å². The largest absolute Gasteiger partial charge is 0.459 e. The quantitative estimate of drug-likeness (QED) is 0.271. The van der Waals surface area contributed by atoms with E-state index in [1.807, 2.05) is 44.2 Å². The number of aliphatic hydroxyl groups excluding tert-OH is 1. The van der Waals surface area contributed by atoms with E-state index in [9.17, 15) is 24.3 Å². The van der Waals surface area contributed by atoms with Gasteiger partial charge in [0.1, 0.15) is 23.9 Å². The summed E-state index contributed by atoms with van der Waals surface area (Å²) in [7, 11) is 0. The normalized spacial score (nSPS) is 34.8. The molecule has 1 saturated heterocycles. The lowest BCUT2D eigenvalue weighted by atomic mass is 9.47.